The zero-order chi connectivity index (χ0) is 22.1. The molecule has 3 atom stereocenters. The van der Waals surface area contributed by atoms with E-state index in [4.69, 9.17) is 4.74 Å². The van der Waals surface area contributed by atoms with Gasteiger partial charge in [-0.05, 0) is 57.7 Å². The maximum absolute atomic E-state index is 13.9. The van der Waals surface area contributed by atoms with Crippen LogP contribution in [-0.2, 0) is 16.0 Å². The number of carbonyl (C=O) groups is 2. The summed E-state index contributed by atoms with van der Waals surface area (Å²) >= 11 is 0. The first-order valence-electron chi connectivity index (χ1n) is 10.1. The van der Waals surface area contributed by atoms with Crippen molar-refractivity contribution in [3.8, 4) is 6.07 Å². The predicted molar refractivity (Wildman–Crippen MR) is 106 cm³/mol. The molecule has 1 saturated heterocycles. The van der Waals surface area contributed by atoms with Crippen molar-refractivity contribution in [3.05, 3.63) is 35.6 Å². The Hall–Kier alpha value is -2.69. The van der Waals surface area contributed by atoms with Gasteiger partial charge in [0.15, 0.2) is 0 Å². The normalized spacial score (nSPS) is 23.4. The number of nitriles is 1. The molecule has 1 heterocycles. The maximum atomic E-state index is 13.9. The van der Waals surface area contributed by atoms with Crippen LogP contribution in [-0.4, -0.2) is 47.3 Å². The Morgan fingerprint density at radius 2 is 1.97 bits per heavy atom. The van der Waals surface area contributed by atoms with Crippen molar-refractivity contribution >= 4 is 12.0 Å². The van der Waals surface area contributed by atoms with Crippen molar-refractivity contribution < 1.29 is 23.1 Å². The SMILES string of the molecule is CC(C)(C)OC(=O)N[C@H](C(=O)N1C[C@@H](F)C[C@H]1C#N)C1(Cc2ccc(F)cc2)CC1. The molecule has 0 radical (unpaired) electrons. The molecule has 0 aromatic heterocycles. The molecule has 6 nitrogen and oxygen atoms in total. The van der Waals surface area contributed by atoms with E-state index >= 15 is 0 Å². The second-order valence-electron chi connectivity index (χ2n) is 9.21. The molecule has 8 heteroatoms. The second kappa shape index (κ2) is 8.21. The molecule has 162 valence electrons. The third-order valence-electron chi connectivity index (χ3n) is 5.56. The number of hydrogen-bond donors (Lipinski definition) is 1. The van der Waals surface area contributed by atoms with Crippen molar-refractivity contribution in [2.45, 2.75) is 70.3 Å². The summed E-state index contributed by atoms with van der Waals surface area (Å²) in [6.45, 7) is 4.98. The van der Waals surface area contributed by atoms with Gasteiger partial charge in [0.25, 0.3) is 0 Å². The van der Waals surface area contributed by atoms with E-state index in [1.54, 1.807) is 32.9 Å². The number of likely N-dealkylation sites (tertiary alicyclic amines) is 1. The number of alkyl halides is 1. The number of carbonyl (C=O) groups excluding carboxylic acids is 2. The molecule has 0 spiro atoms. The number of nitrogens with one attached hydrogen (secondary N) is 1. The second-order valence-corrected chi connectivity index (χ2v) is 9.21. The van der Waals surface area contributed by atoms with Gasteiger partial charge in [0, 0.05) is 11.8 Å². The molecule has 1 saturated carbocycles. The van der Waals surface area contributed by atoms with Crippen LogP contribution >= 0.6 is 0 Å². The van der Waals surface area contributed by atoms with Crippen LogP contribution < -0.4 is 5.32 Å². The predicted octanol–water partition coefficient (Wildman–Crippen LogP) is 3.50. The molecule has 1 aliphatic carbocycles. The lowest BCUT2D eigenvalue weighted by molar-refractivity contribution is -0.135. The number of hydrogen-bond acceptors (Lipinski definition) is 4. The van der Waals surface area contributed by atoms with Crippen LogP contribution in [0, 0.1) is 22.6 Å². The molecule has 1 N–H and O–H groups in total. The molecular weight excluding hydrogens is 392 g/mol. The van der Waals surface area contributed by atoms with Gasteiger partial charge < -0.3 is 15.0 Å². The van der Waals surface area contributed by atoms with Gasteiger partial charge in [0.05, 0.1) is 12.6 Å². The summed E-state index contributed by atoms with van der Waals surface area (Å²) in [5, 5.41) is 12.0. The van der Waals surface area contributed by atoms with Crippen molar-refractivity contribution in [1.82, 2.24) is 10.2 Å². The van der Waals surface area contributed by atoms with E-state index in [1.165, 1.54) is 17.0 Å². The molecule has 1 aliphatic heterocycles. The first-order valence-corrected chi connectivity index (χ1v) is 10.1. The highest BCUT2D eigenvalue weighted by atomic mass is 19.1. The van der Waals surface area contributed by atoms with Crippen LogP contribution in [0.15, 0.2) is 24.3 Å². The van der Waals surface area contributed by atoms with Crippen LogP contribution in [0.25, 0.3) is 0 Å². The molecule has 30 heavy (non-hydrogen) atoms. The number of benzene rings is 1. The van der Waals surface area contributed by atoms with E-state index in [0.717, 1.165) is 5.56 Å². The molecule has 3 rings (SSSR count). The Bertz CT molecular complexity index is 841. The van der Waals surface area contributed by atoms with Crippen LogP contribution in [0.5, 0.6) is 0 Å². The van der Waals surface area contributed by atoms with E-state index in [0.29, 0.717) is 19.3 Å². The van der Waals surface area contributed by atoms with E-state index in [9.17, 15) is 23.6 Å². The Balaban J connectivity index is 1.85. The topological polar surface area (TPSA) is 82.4 Å². The summed E-state index contributed by atoms with van der Waals surface area (Å²) in [7, 11) is 0. The van der Waals surface area contributed by atoms with Crippen molar-refractivity contribution in [1.29, 1.82) is 5.26 Å². The Morgan fingerprint density at radius 3 is 2.50 bits per heavy atom. The van der Waals surface area contributed by atoms with E-state index in [1.807, 2.05) is 6.07 Å². The molecule has 2 aliphatic rings. The van der Waals surface area contributed by atoms with Gasteiger partial charge >= 0.3 is 6.09 Å². The highest BCUT2D eigenvalue weighted by Crippen LogP contribution is 2.52. The minimum Gasteiger partial charge on any atom is -0.444 e. The van der Waals surface area contributed by atoms with Gasteiger partial charge in [-0.25, -0.2) is 13.6 Å². The van der Waals surface area contributed by atoms with Gasteiger partial charge in [-0.3, -0.25) is 4.79 Å². The number of nitrogens with zero attached hydrogens (tertiary/aromatic N) is 2. The number of ether oxygens (including phenoxy) is 1. The average Bonchev–Trinajstić information content (AvgIpc) is 3.32. The minimum absolute atomic E-state index is 0.0354. The molecule has 0 bridgehead atoms. The lowest BCUT2D eigenvalue weighted by atomic mass is 9.87. The van der Waals surface area contributed by atoms with Crippen LogP contribution in [0.2, 0.25) is 0 Å². The van der Waals surface area contributed by atoms with E-state index in [-0.39, 0.29) is 18.8 Å². The summed E-state index contributed by atoms with van der Waals surface area (Å²) in [5.41, 5.74) is -0.502. The summed E-state index contributed by atoms with van der Waals surface area (Å²) in [5.74, 6) is -0.835. The summed E-state index contributed by atoms with van der Waals surface area (Å²) < 4.78 is 32.5. The third-order valence-corrected chi connectivity index (χ3v) is 5.56. The van der Waals surface area contributed by atoms with Crippen LogP contribution in [0.1, 0.15) is 45.6 Å². The molecule has 1 aromatic rings. The molecule has 2 fully saturated rings. The molecule has 2 amide bonds. The fourth-order valence-corrected chi connectivity index (χ4v) is 3.96. The molecule has 1 aromatic carbocycles. The monoisotopic (exact) mass is 419 g/mol. The first kappa shape index (κ1) is 22.0. The standard InChI is InChI=1S/C22H27F2N3O3/c1-21(2,3)30-20(29)26-18(19(28)27-13-16(24)10-17(27)12-25)22(8-9-22)11-14-4-6-15(23)7-5-14/h4-7,16-18H,8-11,13H2,1-3H3,(H,26,29)/t16-,17-,18+/m0/s1. The molecular formula is C22H27F2N3O3. The van der Waals surface area contributed by atoms with Crippen molar-refractivity contribution in [2.24, 2.45) is 5.41 Å². The first-order chi connectivity index (χ1) is 14.0. The quantitative estimate of drug-likeness (QED) is 0.792. The smallest absolute Gasteiger partial charge is 0.408 e. The lowest BCUT2D eigenvalue weighted by Gasteiger charge is -2.32. The zero-order valence-electron chi connectivity index (χ0n) is 17.5. The van der Waals surface area contributed by atoms with Gasteiger partial charge in [0.1, 0.15) is 29.7 Å². The number of rotatable bonds is 5. The van der Waals surface area contributed by atoms with Crippen molar-refractivity contribution in [3.63, 3.8) is 0 Å². The Morgan fingerprint density at radius 1 is 1.33 bits per heavy atom. The lowest BCUT2D eigenvalue weighted by Crippen LogP contribution is -2.55. The number of halogens is 2. The van der Waals surface area contributed by atoms with E-state index < -0.39 is 41.3 Å². The fourth-order valence-electron chi connectivity index (χ4n) is 3.96. The summed E-state index contributed by atoms with van der Waals surface area (Å²) in [4.78, 5) is 27.1. The zero-order valence-corrected chi connectivity index (χ0v) is 17.5. The maximum Gasteiger partial charge on any atom is 0.408 e. The van der Waals surface area contributed by atoms with Gasteiger partial charge in [-0.2, -0.15) is 5.26 Å². The summed E-state index contributed by atoms with van der Waals surface area (Å²) in [6, 6.07) is 6.15. The van der Waals surface area contributed by atoms with Crippen LogP contribution in [0.3, 0.4) is 0 Å². The largest absolute Gasteiger partial charge is 0.444 e. The summed E-state index contributed by atoms with van der Waals surface area (Å²) in [6.07, 6.45) is -0.263. The average molecular weight is 419 g/mol. The van der Waals surface area contributed by atoms with Crippen LogP contribution in [0.4, 0.5) is 13.6 Å². The highest BCUT2D eigenvalue weighted by Gasteiger charge is 2.55. The van der Waals surface area contributed by atoms with Crippen molar-refractivity contribution in [2.75, 3.05) is 6.54 Å². The minimum atomic E-state index is -1.27. The van der Waals surface area contributed by atoms with Gasteiger partial charge in [-0.1, -0.05) is 12.1 Å². The Labute approximate surface area is 175 Å². The number of amides is 2. The third kappa shape index (κ3) is 5.07. The molecule has 0 unspecified atom stereocenters. The van der Waals surface area contributed by atoms with Gasteiger partial charge in [0.2, 0.25) is 5.91 Å². The van der Waals surface area contributed by atoms with E-state index in [2.05, 4.69) is 5.32 Å². The fraction of sp³-hybridized carbons (Fsp3) is 0.591. The Kier molecular flexibility index (Phi) is 6.02. The van der Waals surface area contributed by atoms with Gasteiger partial charge in [-0.15, -0.1) is 0 Å². The number of alkyl carbamates (subject to hydrolysis) is 1. The highest BCUT2D eigenvalue weighted by molar-refractivity contribution is 5.88.